The summed E-state index contributed by atoms with van der Waals surface area (Å²) in [5, 5.41) is 8.75. The van der Waals surface area contributed by atoms with Crippen molar-refractivity contribution in [2.75, 3.05) is 13.2 Å². The van der Waals surface area contributed by atoms with Gasteiger partial charge in [-0.25, -0.2) is 17.9 Å². The molecule has 2 N–H and O–H groups in total. The Morgan fingerprint density at radius 1 is 1.35 bits per heavy atom. The van der Waals surface area contributed by atoms with E-state index in [0.717, 1.165) is 6.07 Å². The first-order chi connectivity index (χ1) is 9.40. The Morgan fingerprint density at radius 2 is 2.00 bits per heavy atom. The highest BCUT2D eigenvalue weighted by atomic mass is 35.5. The molecule has 110 valence electrons. The van der Waals surface area contributed by atoms with Gasteiger partial charge in [0.2, 0.25) is 10.0 Å². The SMILES string of the molecule is O=C(O)c1ccc(S(=O)(=O)NC2CCOCC2)cc1Cl. The highest BCUT2D eigenvalue weighted by Gasteiger charge is 2.23. The van der Waals surface area contributed by atoms with Gasteiger partial charge in [-0.1, -0.05) is 11.6 Å². The lowest BCUT2D eigenvalue weighted by Crippen LogP contribution is -2.38. The van der Waals surface area contributed by atoms with E-state index in [1.165, 1.54) is 12.1 Å². The van der Waals surface area contributed by atoms with Crippen LogP contribution in [0.25, 0.3) is 0 Å². The lowest BCUT2D eigenvalue weighted by molar-refractivity contribution is 0.0697. The third-order valence-corrected chi connectivity index (χ3v) is 4.86. The summed E-state index contributed by atoms with van der Waals surface area (Å²) < 4.78 is 32.1. The van der Waals surface area contributed by atoms with E-state index >= 15 is 0 Å². The van der Waals surface area contributed by atoms with Crippen molar-refractivity contribution in [3.05, 3.63) is 28.8 Å². The fraction of sp³-hybridized carbons (Fsp3) is 0.417. The first-order valence-electron chi connectivity index (χ1n) is 6.03. The molecule has 0 saturated carbocycles. The zero-order valence-electron chi connectivity index (χ0n) is 10.5. The lowest BCUT2D eigenvalue weighted by atomic mass is 10.1. The number of hydrogen-bond acceptors (Lipinski definition) is 4. The predicted molar refractivity (Wildman–Crippen MR) is 72.6 cm³/mol. The number of carbonyl (C=O) groups is 1. The molecule has 0 atom stereocenters. The van der Waals surface area contributed by atoms with Gasteiger partial charge in [0, 0.05) is 19.3 Å². The van der Waals surface area contributed by atoms with Gasteiger partial charge in [0.15, 0.2) is 0 Å². The fourth-order valence-corrected chi connectivity index (χ4v) is 3.60. The van der Waals surface area contributed by atoms with Gasteiger partial charge < -0.3 is 9.84 Å². The predicted octanol–water partition coefficient (Wildman–Crippen LogP) is 1.50. The van der Waals surface area contributed by atoms with Gasteiger partial charge in [0.05, 0.1) is 15.5 Å². The summed E-state index contributed by atoms with van der Waals surface area (Å²) in [5.41, 5.74) is -0.128. The smallest absolute Gasteiger partial charge is 0.337 e. The summed E-state index contributed by atoms with van der Waals surface area (Å²) in [6.45, 7) is 1.04. The van der Waals surface area contributed by atoms with Gasteiger partial charge >= 0.3 is 5.97 Å². The quantitative estimate of drug-likeness (QED) is 0.877. The first-order valence-corrected chi connectivity index (χ1v) is 7.89. The molecular weight excluding hydrogens is 306 g/mol. The Kier molecular flexibility index (Phi) is 4.64. The molecule has 8 heteroatoms. The summed E-state index contributed by atoms with van der Waals surface area (Å²) in [6, 6.07) is 3.39. The highest BCUT2D eigenvalue weighted by Crippen LogP contribution is 2.21. The van der Waals surface area contributed by atoms with Crippen LogP contribution in [0.1, 0.15) is 23.2 Å². The number of carboxylic acid groups (broad SMARTS) is 1. The minimum atomic E-state index is -3.71. The van der Waals surface area contributed by atoms with Crippen LogP contribution >= 0.6 is 11.6 Å². The summed E-state index contributed by atoms with van der Waals surface area (Å²) in [5.74, 6) is -1.20. The molecule has 6 nitrogen and oxygen atoms in total. The average molecular weight is 320 g/mol. The minimum Gasteiger partial charge on any atom is -0.478 e. The van der Waals surface area contributed by atoms with Gasteiger partial charge in [0.1, 0.15) is 0 Å². The first kappa shape index (κ1) is 15.2. The molecule has 0 aromatic heterocycles. The van der Waals surface area contributed by atoms with Gasteiger partial charge in [0.25, 0.3) is 0 Å². The fourth-order valence-electron chi connectivity index (χ4n) is 1.94. The van der Waals surface area contributed by atoms with Crippen molar-refractivity contribution in [1.29, 1.82) is 0 Å². The number of ether oxygens (including phenoxy) is 1. The zero-order valence-corrected chi connectivity index (χ0v) is 12.1. The molecule has 0 radical (unpaired) electrons. The maximum atomic E-state index is 12.2. The van der Waals surface area contributed by atoms with Crippen LogP contribution < -0.4 is 4.72 Å². The van der Waals surface area contributed by atoms with Crippen LogP contribution in [0.2, 0.25) is 5.02 Å². The van der Waals surface area contributed by atoms with Crippen molar-refractivity contribution in [3.63, 3.8) is 0 Å². The second-order valence-electron chi connectivity index (χ2n) is 4.45. The topological polar surface area (TPSA) is 92.7 Å². The Labute approximate surface area is 121 Å². The van der Waals surface area contributed by atoms with Crippen LogP contribution in [-0.4, -0.2) is 38.7 Å². The number of nitrogens with one attached hydrogen (secondary N) is 1. The minimum absolute atomic E-state index is 0.0426. The van der Waals surface area contributed by atoms with Crippen LogP contribution in [0.15, 0.2) is 23.1 Å². The number of aromatic carboxylic acids is 1. The summed E-state index contributed by atoms with van der Waals surface area (Å²) in [4.78, 5) is 10.8. The molecule has 0 aliphatic carbocycles. The van der Waals surface area contributed by atoms with E-state index in [2.05, 4.69) is 4.72 Å². The molecule has 0 unspecified atom stereocenters. The van der Waals surface area contributed by atoms with E-state index < -0.39 is 16.0 Å². The van der Waals surface area contributed by atoms with E-state index in [0.29, 0.717) is 26.1 Å². The van der Waals surface area contributed by atoms with Gasteiger partial charge in [-0.05, 0) is 31.0 Å². The van der Waals surface area contributed by atoms with Gasteiger partial charge in [-0.3, -0.25) is 0 Å². The normalized spacial score (nSPS) is 17.1. The van der Waals surface area contributed by atoms with Crippen molar-refractivity contribution >= 4 is 27.6 Å². The molecule has 0 amide bonds. The van der Waals surface area contributed by atoms with Crippen LogP contribution in [0, 0.1) is 0 Å². The molecule has 1 saturated heterocycles. The molecule has 0 spiro atoms. The van der Waals surface area contributed by atoms with E-state index in [9.17, 15) is 13.2 Å². The van der Waals surface area contributed by atoms with E-state index in [-0.39, 0.29) is 21.5 Å². The molecule has 0 bridgehead atoms. The van der Waals surface area contributed by atoms with Crippen LogP contribution in [0.4, 0.5) is 0 Å². The third kappa shape index (κ3) is 3.49. The second kappa shape index (κ2) is 6.09. The second-order valence-corrected chi connectivity index (χ2v) is 6.58. The summed E-state index contributed by atoms with van der Waals surface area (Å²) in [7, 11) is -3.71. The third-order valence-electron chi connectivity index (χ3n) is 3.02. The van der Waals surface area contributed by atoms with Gasteiger partial charge in [-0.15, -0.1) is 0 Å². The molecule has 1 fully saturated rings. The van der Waals surface area contributed by atoms with Crippen LogP contribution in [0.3, 0.4) is 0 Å². The molecule has 1 aliphatic rings. The van der Waals surface area contributed by atoms with E-state index in [1.807, 2.05) is 0 Å². The molecule has 1 heterocycles. The maximum absolute atomic E-state index is 12.2. The molecule has 1 aromatic rings. The molecule has 2 rings (SSSR count). The Morgan fingerprint density at radius 3 is 2.55 bits per heavy atom. The van der Waals surface area contributed by atoms with E-state index in [4.69, 9.17) is 21.4 Å². The van der Waals surface area contributed by atoms with Crippen molar-refractivity contribution in [2.45, 2.75) is 23.8 Å². The maximum Gasteiger partial charge on any atom is 0.337 e. The number of carboxylic acids is 1. The molecule has 1 aromatic carbocycles. The number of hydrogen-bond donors (Lipinski definition) is 2. The van der Waals surface area contributed by atoms with Gasteiger partial charge in [-0.2, -0.15) is 0 Å². The van der Waals surface area contributed by atoms with Crippen molar-refractivity contribution < 1.29 is 23.1 Å². The molecule has 20 heavy (non-hydrogen) atoms. The standard InChI is InChI=1S/C12H14ClNO5S/c13-11-7-9(1-2-10(11)12(15)16)20(17,18)14-8-3-5-19-6-4-8/h1-2,7-8,14H,3-6H2,(H,15,16). The summed E-state index contributed by atoms with van der Waals surface area (Å²) in [6.07, 6.45) is 1.22. The zero-order chi connectivity index (χ0) is 14.8. The average Bonchev–Trinajstić information content (AvgIpc) is 2.38. The largest absolute Gasteiger partial charge is 0.478 e. The van der Waals surface area contributed by atoms with Crippen molar-refractivity contribution in [3.8, 4) is 0 Å². The van der Waals surface area contributed by atoms with Crippen molar-refractivity contribution in [2.24, 2.45) is 0 Å². The lowest BCUT2D eigenvalue weighted by Gasteiger charge is -2.23. The van der Waals surface area contributed by atoms with Crippen molar-refractivity contribution in [1.82, 2.24) is 4.72 Å². The number of halogens is 1. The number of benzene rings is 1. The van der Waals surface area contributed by atoms with Crippen LogP contribution in [-0.2, 0) is 14.8 Å². The number of sulfonamides is 1. The highest BCUT2D eigenvalue weighted by molar-refractivity contribution is 7.89. The Bertz CT molecular complexity index is 610. The number of rotatable bonds is 4. The van der Waals surface area contributed by atoms with Crippen LogP contribution in [0.5, 0.6) is 0 Å². The molecular formula is C12H14ClNO5S. The monoisotopic (exact) mass is 319 g/mol. The van der Waals surface area contributed by atoms with E-state index in [1.54, 1.807) is 0 Å². The molecule has 1 aliphatic heterocycles. The Balaban J connectivity index is 2.20. The summed E-state index contributed by atoms with van der Waals surface area (Å²) >= 11 is 5.78. The Hall–Kier alpha value is -1.15.